The Morgan fingerprint density at radius 1 is 1.38 bits per heavy atom. The van der Waals surface area contributed by atoms with Gasteiger partial charge in [-0.3, -0.25) is 4.79 Å². The topological polar surface area (TPSA) is 83.7 Å². The molecule has 118 valence electrons. The molecule has 0 aliphatic carbocycles. The van der Waals surface area contributed by atoms with Crippen LogP contribution in [0.4, 0.5) is 10.1 Å². The van der Waals surface area contributed by atoms with Crippen LogP contribution in [0.15, 0.2) is 21.5 Å². The summed E-state index contributed by atoms with van der Waals surface area (Å²) >= 11 is 2.93. The number of benzene rings is 1. The minimum atomic E-state index is -3.99. The summed E-state index contributed by atoms with van der Waals surface area (Å²) in [6.07, 6.45) is 0. The molecule has 1 aromatic carbocycles. The van der Waals surface area contributed by atoms with Crippen molar-refractivity contribution in [2.24, 2.45) is 0 Å². The van der Waals surface area contributed by atoms with Crippen molar-refractivity contribution in [3.8, 4) is 0 Å². The van der Waals surface area contributed by atoms with Crippen LogP contribution in [0, 0.1) is 5.82 Å². The number of halogens is 2. The number of carbonyl (C=O) groups excluding carboxylic acids is 1. The second-order valence-electron chi connectivity index (χ2n) is 4.52. The van der Waals surface area contributed by atoms with Crippen molar-refractivity contribution in [2.75, 3.05) is 32.9 Å². The molecule has 1 rings (SSSR count). The van der Waals surface area contributed by atoms with Crippen LogP contribution < -0.4 is 5.73 Å². The van der Waals surface area contributed by atoms with Gasteiger partial charge < -0.3 is 10.6 Å². The molecule has 21 heavy (non-hydrogen) atoms. The second-order valence-corrected chi connectivity index (χ2v) is 7.28. The standard InChI is InChI=1S/C12H17BrFN3O3S/c1-4-17(7-12(18)16(2)3)21(19,20)11-5-8(13)9(14)6-10(11)15/h5-6H,4,7,15H2,1-3H3. The largest absolute Gasteiger partial charge is 0.398 e. The highest BCUT2D eigenvalue weighted by atomic mass is 79.9. The molecule has 1 aromatic rings. The molecule has 2 N–H and O–H groups in total. The monoisotopic (exact) mass is 381 g/mol. The number of amides is 1. The summed E-state index contributed by atoms with van der Waals surface area (Å²) in [5.74, 6) is -1.01. The SMILES string of the molecule is CCN(CC(=O)N(C)C)S(=O)(=O)c1cc(Br)c(F)cc1N. The zero-order valence-corrected chi connectivity index (χ0v) is 14.3. The van der Waals surface area contributed by atoms with Gasteiger partial charge in [-0.15, -0.1) is 0 Å². The first-order valence-electron chi connectivity index (χ1n) is 6.06. The summed E-state index contributed by atoms with van der Waals surface area (Å²) < 4.78 is 39.4. The first-order chi connectivity index (χ1) is 9.61. The summed E-state index contributed by atoms with van der Waals surface area (Å²) in [6, 6.07) is 2.03. The maximum Gasteiger partial charge on any atom is 0.245 e. The van der Waals surface area contributed by atoms with E-state index in [0.29, 0.717) is 0 Å². The number of carbonyl (C=O) groups is 1. The van der Waals surface area contributed by atoms with Gasteiger partial charge in [-0.25, -0.2) is 12.8 Å². The van der Waals surface area contributed by atoms with Crippen LogP contribution in [-0.4, -0.2) is 50.7 Å². The predicted molar refractivity (Wildman–Crippen MR) is 81.6 cm³/mol. The summed E-state index contributed by atoms with van der Waals surface area (Å²) in [7, 11) is -0.919. The molecular weight excluding hydrogens is 365 g/mol. The number of nitrogens with two attached hydrogens (primary N) is 1. The van der Waals surface area contributed by atoms with Crippen LogP contribution >= 0.6 is 15.9 Å². The number of likely N-dealkylation sites (N-methyl/N-ethyl adjacent to an activating group) is 2. The van der Waals surface area contributed by atoms with Crippen molar-refractivity contribution < 1.29 is 17.6 Å². The average molecular weight is 382 g/mol. The Balaban J connectivity index is 3.25. The fraction of sp³-hybridized carbons (Fsp3) is 0.417. The summed E-state index contributed by atoms with van der Waals surface area (Å²) in [5.41, 5.74) is 5.40. The number of sulfonamides is 1. The van der Waals surface area contributed by atoms with Crippen molar-refractivity contribution in [1.82, 2.24) is 9.21 Å². The van der Waals surface area contributed by atoms with E-state index in [1.54, 1.807) is 6.92 Å². The molecule has 9 heteroatoms. The van der Waals surface area contributed by atoms with Gasteiger partial charge in [0.05, 0.1) is 16.7 Å². The van der Waals surface area contributed by atoms with E-state index >= 15 is 0 Å². The van der Waals surface area contributed by atoms with E-state index < -0.39 is 15.8 Å². The number of rotatable bonds is 5. The third-order valence-electron chi connectivity index (χ3n) is 2.83. The molecule has 0 aliphatic rings. The number of hydrogen-bond donors (Lipinski definition) is 1. The van der Waals surface area contributed by atoms with Gasteiger partial charge in [0.1, 0.15) is 10.7 Å². The van der Waals surface area contributed by atoms with Gasteiger partial charge >= 0.3 is 0 Å². The first kappa shape index (κ1) is 17.9. The lowest BCUT2D eigenvalue weighted by atomic mass is 10.3. The number of nitrogens with zero attached hydrogens (tertiary/aromatic N) is 2. The molecule has 0 atom stereocenters. The Bertz CT molecular complexity index is 649. The van der Waals surface area contributed by atoms with Gasteiger partial charge in [0.15, 0.2) is 0 Å². The van der Waals surface area contributed by atoms with E-state index in [2.05, 4.69) is 15.9 Å². The van der Waals surface area contributed by atoms with Crippen LogP contribution in [0.25, 0.3) is 0 Å². The van der Waals surface area contributed by atoms with Gasteiger partial charge in [-0.05, 0) is 28.1 Å². The zero-order chi connectivity index (χ0) is 16.4. The molecule has 0 unspecified atom stereocenters. The Morgan fingerprint density at radius 2 is 1.95 bits per heavy atom. The van der Waals surface area contributed by atoms with Gasteiger partial charge in [-0.2, -0.15) is 4.31 Å². The van der Waals surface area contributed by atoms with Gasteiger partial charge in [0, 0.05) is 20.6 Å². The fourth-order valence-electron chi connectivity index (χ4n) is 1.57. The van der Waals surface area contributed by atoms with E-state index in [1.165, 1.54) is 19.0 Å². The summed E-state index contributed by atoms with van der Waals surface area (Å²) in [6.45, 7) is 1.39. The normalized spacial score (nSPS) is 11.7. The third kappa shape index (κ3) is 3.92. The lowest BCUT2D eigenvalue weighted by Crippen LogP contribution is -2.40. The molecule has 1 amide bonds. The molecule has 0 bridgehead atoms. The maximum atomic E-state index is 13.4. The first-order valence-corrected chi connectivity index (χ1v) is 8.29. The summed E-state index contributed by atoms with van der Waals surface area (Å²) in [5, 5.41) is 0. The zero-order valence-electron chi connectivity index (χ0n) is 11.9. The van der Waals surface area contributed by atoms with Crippen molar-refractivity contribution in [3.63, 3.8) is 0 Å². The minimum absolute atomic E-state index is 0.00901. The lowest BCUT2D eigenvalue weighted by Gasteiger charge is -2.22. The fourth-order valence-corrected chi connectivity index (χ4v) is 3.58. The molecule has 0 aliphatic heterocycles. The smallest absolute Gasteiger partial charge is 0.245 e. The Hall–Kier alpha value is -1.19. The Morgan fingerprint density at radius 3 is 2.43 bits per heavy atom. The van der Waals surface area contributed by atoms with Crippen LogP contribution in [0.2, 0.25) is 0 Å². The highest BCUT2D eigenvalue weighted by Crippen LogP contribution is 2.28. The second kappa shape index (κ2) is 6.71. The van der Waals surface area contributed by atoms with E-state index in [9.17, 15) is 17.6 Å². The molecule has 0 saturated carbocycles. The molecule has 0 saturated heterocycles. The van der Waals surface area contributed by atoms with Gasteiger partial charge in [0.25, 0.3) is 0 Å². The number of anilines is 1. The molecule has 0 fully saturated rings. The molecule has 0 spiro atoms. The van der Waals surface area contributed by atoms with Crippen molar-refractivity contribution in [1.29, 1.82) is 0 Å². The van der Waals surface area contributed by atoms with E-state index in [0.717, 1.165) is 16.4 Å². The highest BCUT2D eigenvalue weighted by molar-refractivity contribution is 9.10. The van der Waals surface area contributed by atoms with E-state index in [1.807, 2.05) is 0 Å². The average Bonchev–Trinajstić information content (AvgIpc) is 2.39. The quantitative estimate of drug-likeness (QED) is 0.778. The molecule has 0 radical (unpaired) electrons. The van der Waals surface area contributed by atoms with Crippen molar-refractivity contribution >= 4 is 37.5 Å². The molecular formula is C12H17BrFN3O3S. The van der Waals surface area contributed by atoms with Crippen LogP contribution in [0.1, 0.15) is 6.92 Å². The van der Waals surface area contributed by atoms with E-state index in [-0.39, 0.29) is 34.1 Å². The highest BCUT2D eigenvalue weighted by Gasteiger charge is 2.28. The van der Waals surface area contributed by atoms with Crippen LogP contribution in [0.5, 0.6) is 0 Å². The molecule has 6 nitrogen and oxygen atoms in total. The number of nitrogen functional groups attached to an aromatic ring is 1. The molecule has 0 heterocycles. The predicted octanol–water partition coefficient (Wildman–Crippen LogP) is 1.27. The third-order valence-corrected chi connectivity index (χ3v) is 5.42. The lowest BCUT2D eigenvalue weighted by molar-refractivity contribution is -0.128. The van der Waals surface area contributed by atoms with Crippen molar-refractivity contribution in [3.05, 3.63) is 22.4 Å². The minimum Gasteiger partial charge on any atom is -0.398 e. The number of hydrogen-bond acceptors (Lipinski definition) is 4. The van der Waals surface area contributed by atoms with E-state index in [4.69, 9.17) is 5.73 Å². The Kier molecular flexibility index (Phi) is 5.71. The van der Waals surface area contributed by atoms with Crippen LogP contribution in [0.3, 0.4) is 0 Å². The van der Waals surface area contributed by atoms with Crippen LogP contribution in [-0.2, 0) is 14.8 Å². The van der Waals surface area contributed by atoms with Crippen molar-refractivity contribution in [2.45, 2.75) is 11.8 Å². The molecule has 0 aromatic heterocycles. The Labute approximate surface area is 131 Å². The van der Waals surface area contributed by atoms with Gasteiger partial charge in [0.2, 0.25) is 15.9 Å². The van der Waals surface area contributed by atoms with Gasteiger partial charge in [-0.1, -0.05) is 6.92 Å². The summed E-state index contributed by atoms with van der Waals surface area (Å²) in [4.78, 5) is 12.8. The maximum absolute atomic E-state index is 13.4.